The molecule has 0 aliphatic carbocycles. The fraction of sp³-hybridized carbons (Fsp3) is 0.529. The van der Waals surface area contributed by atoms with Crippen molar-refractivity contribution >= 4 is 5.91 Å². The lowest BCUT2D eigenvalue weighted by Crippen LogP contribution is -2.39. The van der Waals surface area contributed by atoms with Gasteiger partial charge in [-0.3, -0.25) is 4.79 Å². The van der Waals surface area contributed by atoms with Crippen molar-refractivity contribution in [1.82, 2.24) is 24.8 Å². The number of piperidine rings is 1. The maximum atomic E-state index is 12.8. The molecule has 6 heteroatoms. The number of hydrogen-bond acceptors (Lipinski definition) is 4. The van der Waals surface area contributed by atoms with E-state index in [1.165, 1.54) is 0 Å². The second kappa shape index (κ2) is 6.48. The second-order valence-electron chi connectivity index (χ2n) is 6.45. The first-order valence-electron chi connectivity index (χ1n) is 8.18. The van der Waals surface area contributed by atoms with Gasteiger partial charge in [-0.1, -0.05) is 13.8 Å². The lowest BCUT2D eigenvalue weighted by Gasteiger charge is -2.32. The van der Waals surface area contributed by atoms with E-state index < -0.39 is 0 Å². The minimum Gasteiger partial charge on any atom is -0.348 e. The molecule has 1 amide bonds. The Morgan fingerprint density at radius 1 is 1.39 bits per heavy atom. The van der Waals surface area contributed by atoms with Gasteiger partial charge in [0.25, 0.3) is 5.91 Å². The molecule has 2 aromatic rings. The number of likely N-dealkylation sites (tertiary alicyclic amines) is 1. The number of carbonyl (C=O) groups is 1. The highest BCUT2D eigenvalue weighted by molar-refractivity contribution is 5.95. The summed E-state index contributed by atoms with van der Waals surface area (Å²) in [6, 6.07) is 0. The molecule has 0 spiro atoms. The van der Waals surface area contributed by atoms with Crippen molar-refractivity contribution in [3.8, 4) is 0 Å². The zero-order chi connectivity index (χ0) is 16.4. The van der Waals surface area contributed by atoms with Crippen LogP contribution >= 0.6 is 0 Å². The predicted molar refractivity (Wildman–Crippen MR) is 87.3 cm³/mol. The zero-order valence-corrected chi connectivity index (χ0v) is 13.9. The van der Waals surface area contributed by atoms with Crippen LogP contribution in [0, 0.1) is 6.92 Å². The Hall–Kier alpha value is -2.24. The van der Waals surface area contributed by atoms with Crippen molar-refractivity contribution in [3.63, 3.8) is 0 Å². The van der Waals surface area contributed by atoms with Crippen molar-refractivity contribution in [3.05, 3.63) is 41.5 Å². The van der Waals surface area contributed by atoms with Gasteiger partial charge in [-0.25, -0.2) is 15.0 Å². The number of aromatic amines is 1. The molecule has 1 N–H and O–H groups in total. The molecule has 1 aliphatic rings. The fourth-order valence-electron chi connectivity index (χ4n) is 3.03. The van der Waals surface area contributed by atoms with E-state index in [0.29, 0.717) is 12.1 Å². The maximum absolute atomic E-state index is 12.8. The van der Waals surface area contributed by atoms with E-state index in [-0.39, 0.29) is 17.7 Å². The maximum Gasteiger partial charge on any atom is 0.257 e. The molecule has 0 unspecified atom stereocenters. The van der Waals surface area contributed by atoms with Gasteiger partial charge in [0, 0.05) is 43.5 Å². The van der Waals surface area contributed by atoms with Crippen molar-refractivity contribution in [1.29, 1.82) is 0 Å². The van der Waals surface area contributed by atoms with Crippen LogP contribution in [0.5, 0.6) is 0 Å². The number of H-pyrrole nitrogens is 1. The summed E-state index contributed by atoms with van der Waals surface area (Å²) in [5, 5.41) is 0. The molecular weight excluding hydrogens is 290 g/mol. The molecule has 1 saturated heterocycles. The number of hydrogen-bond donors (Lipinski definition) is 1. The lowest BCUT2D eigenvalue weighted by atomic mass is 9.96. The average Bonchev–Trinajstić information content (AvgIpc) is 3.08. The summed E-state index contributed by atoms with van der Waals surface area (Å²) < 4.78 is 0. The Kier molecular flexibility index (Phi) is 4.41. The number of rotatable bonds is 3. The minimum absolute atomic E-state index is 0.0223. The first-order valence-corrected chi connectivity index (χ1v) is 8.18. The van der Waals surface area contributed by atoms with Gasteiger partial charge in [-0.15, -0.1) is 0 Å². The Morgan fingerprint density at radius 3 is 2.87 bits per heavy atom. The smallest absolute Gasteiger partial charge is 0.257 e. The van der Waals surface area contributed by atoms with E-state index in [0.717, 1.165) is 36.7 Å². The third kappa shape index (κ3) is 3.25. The van der Waals surface area contributed by atoms with Gasteiger partial charge in [0.05, 0.1) is 11.3 Å². The highest BCUT2D eigenvalue weighted by atomic mass is 16.2. The highest BCUT2D eigenvalue weighted by Crippen LogP contribution is 2.25. The predicted octanol–water partition coefficient (Wildman–Crippen LogP) is 2.65. The summed E-state index contributed by atoms with van der Waals surface area (Å²) >= 11 is 0. The van der Waals surface area contributed by atoms with Crippen LogP contribution in [0.15, 0.2) is 18.6 Å². The molecule has 3 rings (SSSR count). The Morgan fingerprint density at radius 2 is 2.22 bits per heavy atom. The molecule has 0 saturated carbocycles. The van der Waals surface area contributed by atoms with Crippen LogP contribution in [0.2, 0.25) is 0 Å². The summed E-state index contributed by atoms with van der Waals surface area (Å²) in [5.41, 5.74) is 1.36. The molecule has 23 heavy (non-hydrogen) atoms. The number of aromatic nitrogens is 4. The van der Waals surface area contributed by atoms with E-state index in [1.807, 2.05) is 18.0 Å². The van der Waals surface area contributed by atoms with Gasteiger partial charge in [0.2, 0.25) is 0 Å². The van der Waals surface area contributed by atoms with Crippen LogP contribution in [-0.2, 0) is 0 Å². The van der Waals surface area contributed by atoms with Gasteiger partial charge in [0.15, 0.2) is 0 Å². The van der Waals surface area contributed by atoms with Gasteiger partial charge in [-0.2, -0.15) is 0 Å². The molecular formula is C17H23N5O. The third-order valence-electron chi connectivity index (χ3n) is 4.36. The second-order valence-corrected chi connectivity index (χ2v) is 6.45. The van der Waals surface area contributed by atoms with Gasteiger partial charge in [-0.05, 0) is 19.8 Å². The van der Waals surface area contributed by atoms with Crippen LogP contribution in [0.4, 0.5) is 0 Å². The topological polar surface area (TPSA) is 74.8 Å². The summed E-state index contributed by atoms with van der Waals surface area (Å²) in [4.78, 5) is 31.1. The molecule has 3 heterocycles. The van der Waals surface area contributed by atoms with Crippen molar-refractivity contribution in [2.75, 3.05) is 13.1 Å². The Bertz CT molecular complexity index is 680. The van der Waals surface area contributed by atoms with Crippen LogP contribution in [0.1, 0.15) is 66.2 Å². The molecule has 6 nitrogen and oxygen atoms in total. The van der Waals surface area contributed by atoms with Crippen molar-refractivity contribution in [2.24, 2.45) is 0 Å². The first-order chi connectivity index (χ1) is 11.1. The number of carbonyl (C=O) groups excluding carboxylic acids is 1. The van der Waals surface area contributed by atoms with E-state index in [4.69, 9.17) is 0 Å². The van der Waals surface area contributed by atoms with E-state index >= 15 is 0 Å². The normalized spacial score (nSPS) is 18.4. The molecule has 0 radical (unpaired) electrons. The number of amides is 1. The number of nitrogens with zero attached hydrogens (tertiary/aromatic N) is 4. The molecule has 1 aliphatic heterocycles. The van der Waals surface area contributed by atoms with E-state index in [2.05, 4.69) is 33.8 Å². The lowest BCUT2D eigenvalue weighted by molar-refractivity contribution is 0.0703. The van der Waals surface area contributed by atoms with Crippen LogP contribution < -0.4 is 0 Å². The molecule has 0 bridgehead atoms. The van der Waals surface area contributed by atoms with Gasteiger partial charge >= 0.3 is 0 Å². The minimum atomic E-state index is 0.0223. The van der Waals surface area contributed by atoms with Crippen LogP contribution in [-0.4, -0.2) is 43.8 Å². The van der Waals surface area contributed by atoms with Crippen molar-refractivity contribution < 1.29 is 4.79 Å². The van der Waals surface area contributed by atoms with Crippen LogP contribution in [0.3, 0.4) is 0 Å². The van der Waals surface area contributed by atoms with E-state index in [9.17, 15) is 4.79 Å². The molecule has 122 valence electrons. The average molecular weight is 313 g/mol. The van der Waals surface area contributed by atoms with Gasteiger partial charge < -0.3 is 9.88 Å². The monoisotopic (exact) mass is 313 g/mol. The first kappa shape index (κ1) is 15.6. The van der Waals surface area contributed by atoms with Gasteiger partial charge in [0.1, 0.15) is 11.6 Å². The summed E-state index contributed by atoms with van der Waals surface area (Å²) in [6.45, 7) is 7.46. The summed E-state index contributed by atoms with van der Waals surface area (Å²) in [7, 11) is 0. The molecule has 1 atom stereocenters. The van der Waals surface area contributed by atoms with Crippen molar-refractivity contribution in [2.45, 2.75) is 45.4 Å². The largest absolute Gasteiger partial charge is 0.348 e. The number of aryl methyl sites for hydroxylation is 1. The molecule has 0 aromatic carbocycles. The number of imidazole rings is 1. The highest BCUT2D eigenvalue weighted by Gasteiger charge is 2.28. The quantitative estimate of drug-likeness (QED) is 0.945. The Labute approximate surface area is 136 Å². The van der Waals surface area contributed by atoms with E-state index in [1.54, 1.807) is 12.4 Å². The Balaban J connectivity index is 1.77. The standard InChI is InChI=1S/C17H23N5O/c1-11(2)15-20-9-14(12(3)21-15)17(23)22-8-4-5-13(10-22)16-18-6-7-19-16/h6-7,9,11,13H,4-5,8,10H2,1-3H3,(H,18,19)/t13-/m1/s1. The summed E-state index contributed by atoms with van der Waals surface area (Å²) in [5.74, 6) is 2.31. The van der Waals surface area contributed by atoms with Crippen LogP contribution in [0.25, 0.3) is 0 Å². The molecule has 1 fully saturated rings. The fourth-order valence-corrected chi connectivity index (χ4v) is 3.03. The SMILES string of the molecule is Cc1nc(C(C)C)ncc1C(=O)N1CCC[C@@H](c2ncc[nH]2)C1. The number of nitrogens with one attached hydrogen (secondary N) is 1. The molecule has 2 aromatic heterocycles. The summed E-state index contributed by atoms with van der Waals surface area (Å²) in [6.07, 6.45) is 7.31. The third-order valence-corrected chi connectivity index (χ3v) is 4.36. The zero-order valence-electron chi connectivity index (χ0n) is 13.9.